The number of nitrogens with one attached hydrogen (secondary N) is 1. The highest BCUT2D eigenvalue weighted by atomic mass is 32.2. The summed E-state index contributed by atoms with van der Waals surface area (Å²) in [5.41, 5.74) is 1.43. The van der Waals surface area contributed by atoms with Crippen LogP contribution in [0.25, 0.3) is 11.3 Å². The van der Waals surface area contributed by atoms with Gasteiger partial charge in [0.1, 0.15) is 17.4 Å². The van der Waals surface area contributed by atoms with Crippen molar-refractivity contribution in [1.29, 1.82) is 0 Å². The van der Waals surface area contributed by atoms with Crippen LogP contribution in [-0.2, 0) is 10.0 Å². The molecule has 3 aromatic rings. The third-order valence-corrected chi connectivity index (χ3v) is 6.58. The average Bonchev–Trinajstić information content (AvgIpc) is 2.81. The molecular weight excluding hydrogens is 483 g/mol. The lowest BCUT2D eigenvalue weighted by Crippen LogP contribution is -2.34. The molecule has 1 N–H and O–H groups in total. The number of carbonyl (C=O) groups excluding carboxylic acids is 1. The Morgan fingerprint density at radius 2 is 1.83 bits per heavy atom. The molecule has 0 saturated carbocycles. The first kappa shape index (κ1) is 27.1. The maximum Gasteiger partial charge on any atom is 0.281 e. The van der Waals surface area contributed by atoms with E-state index < -0.39 is 21.7 Å². The molecule has 10 heteroatoms. The van der Waals surface area contributed by atoms with Gasteiger partial charge in [0.25, 0.3) is 15.9 Å². The zero-order chi connectivity index (χ0) is 26.6. The molecule has 0 saturated heterocycles. The Bertz CT molecular complexity index is 1370. The van der Waals surface area contributed by atoms with Crippen LogP contribution in [0.15, 0.2) is 53.6 Å². The van der Waals surface area contributed by atoms with Crippen molar-refractivity contribution < 1.29 is 25.2 Å². The molecule has 0 aliphatic rings. The van der Waals surface area contributed by atoms with E-state index in [0.717, 1.165) is 0 Å². The van der Waals surface area contributed by atoms with Crippen LogP contribution in [0.2, 0.25) is 0 Å². The predicted octanol–water partition coefficient (Wildman–Crippen LogP) is 5.08. The van der Waals surface area contributed by atoms with Gasteiger partial charge in [-0.3, -0.25) is 4.79 Å². The summed E-state index contributed by atoms with van der Waals surface area (Å²) in [5.74, 6) is -0.435. The highest BCUT2D eigenvalue weighted by Gasteiger charge is 2.25. The van der Waals surface area contributed by atoms with Gasteiger partial charge in [0, 0.05) is 33.3 Å². The minimum absolute atomic E-state index is 0. The number of halogens is 1. The molecule has 0 fully saturated rings. The Morgan fingerprint density at radius 3 is 2.47 bits per heavy atom. The Morgan fingerprint density at radius 1 is 1.11 bits per heavy atom. The summed E-state index contributed by atoms with van der Waals surface area (Å²) in [5, 5.41) is -0.257. The van der Waals surface area contributed by atoms with Crippen molar-refractivity contribution in [3.05, 3.63) is 65.6 Å². The van der Waals surface area contributed by atoms with E-state index in [9.17, 15) is 17.6 Å². The molecule has 8 nitrogen and oxygen atoms in total. The highest BCUT2D eigenvalue weighted by molar-refractivity contribution is 7.90. The molecule has 2 heterocycles. The number of benzene rings is 1. The fourth-order valence-corrected chi connectivity index (χ4v) is 4.23. The van der Waals surface area contributed by atoms with Gasteiger partial charge in [0.15, 0.2) is 5.03 Å². The fraction of sp³-hybridized carbons (Fsp3) is 0.346. The maximum absolute atomic E-state index is 14.4. The number of ether oxygens (including phenoxy) is 1. The van der Waals surface area contributed by atoms with Gasteiger partial charge in [-0.1, -0.05) is 19.9 Å². The zero-order valence-corrected chi connectivity index (χ0v) is 22.1. The minimum atomic E-state index is -4.20. The van der Waals surface area contributed by atoms with Crippen molar-refractivity contribution in [2.75, 3.05) is 18.6 Å². The third-order valence-electron chi connectivity index (χ3n) is 5.34. The minimum Gasteiger partial charge on any atom is -0.493 e. The number of anilines is 1. The largest absolute Gasteiger partial charge is 0.493 e. The molecule has 0 aliphatic heterocycles. The summed E-state index contributed by atoms with van der Waals surface area (Å²) in [6.07, 6.45) is 0. The molecular formula is C26H35FN4O4S. The van der Waals surface area contributed by atoms with Crippen molar-refractivity contribution in [3.63, 3.8) is 0 Å². The summed E-state index contributed by atoms with van der Waals surface area (Å²) >= 11 is 0. The number of hydrogen-bond donors (Lipinski definition) is 1. The van der Waals surface area contributed by atoms with Crippen LogP contribution in [0.5, 0.6) is 5.75 Å². The number of hydrogen-bond acceptors (Lipinski definition) is 7. The smallest absolute Gasteiger partial charge is 0.281 e. The Hall–Kier alpha value is -3.53. The molecule has 1 amide bonds. The van der Waals surface area contributed by atoms with E-state index in [1.165, 1.54) is 24.3 Å². The summed E-state index contributed by atoms with van der Waals surface area (Å²) in [4.78, 5) is 23.5. The fourth-order valence-electron chi connectivity index (χ4n) is 3.25. The van der Waals surface area contributed by atoms with E-state index in [4.69, 9.17) is 4.74 Å². The van der Waals surface area contributed by atoms with Crippen molar-refractivity contribution in [2.24, 2.45) is 5.92 Å². The molecule has 0 atom stereocenters. The number of aromatic nitrogens is 2. The van der Waals surface area contributed by atoms with E-state index in [-0.39, 0.29) is 31.2 Å². The molecule has 196 valence electrons. The first-order valence-corrected chi connectivity index (χ1v) is 13.0. The van der Waals surface area contributed by atoms with Crippen LogP contribution in [-0.4, -0.2) is 44.0 Å². The van der Waals surface area contributed by atoms with Crippen LogP contribution in [0.4, 0.5) is 10.2 Å². The van der Waals surface area contributed by atoms with Crippen LogP contribution >= 0.6 is 0 Å². The second kappa shape index (κ2) is 11.0. The van der Waals surface area contributed by atoms with Gasteiger partial charge in [0.05, 0.1) is 17.9 Å². The number of sulfonamides is 1. The topological polar surface area (TPSA) is 101 Å². The average molecular weight is 519 g/mol. The van der Waals surface area contributed by atoms with Crippen molar-refractivity contribution >= 4 is 21.7 Å². The molecule has 0 radical (unpaired) electrons. The van der Waals surface area contributed by atoms with E-state index in [1.54, 1.807) is 43.1 Å². The number of carbonyl (C=O) groups is 1. The number of pyridine rings is 2. The van der Waals surface area contributed by atoms with Gasteiger partial charge in [-0.05, 0) is 63.1 Å². The SMILES string of the molecule is Cc1cccc(S(=O)(=O)NC(=O)c2ccc(-c3cc(F)cc(OCC(C)C)c3)nc2N(C)C(C)C)n1.[HH].[HH]. The monoisotopic (exact) mass is 518 g/mol. The first-order chi connectivity index (χ1) is 16.9. The lowest BCUT2D eigenvalue weighted by atomic mass is 10.1. The first-order valence-electron chi connectivity index (χ1n) is 11.6. The molecule has 0 bridgehead atoms. The van der Waals surface area contributed by atoms with Crippen LogP contribution in [0, 0.1) is 18.7 Å². The maximum atomic E-state index is 14.4. The van der Waals surface area contributed by atoms with Gasteiger partial charge in [-0.2, -0.15) is 8.42 Å². The molecule has 0 unspecified atom stereocenters. The van der Waals surface area contributed by atoms with Crippen LogP contribution in [0.3, 0.4) is 0 Å². The molecule has 0 spiro atoms. The highest BCUT2D eigenvalue weighted by Crippen LogP contribution is 2.29. The van der Waals surface area contributed by atoms with Crippen LogP contribution < -0.4 is 14.4 Å². The molecule has 1 aromatic carbocycles. The lowest BCUT2D eigenvalue weighted by molar-refractivity contribution is 0.0981. The summed E-state index contributed by atoms with van der Waals surface area (Å²) < 4.78 is 47.7. The normalized spacial score (nSPS) is 11.6. The van der Waals surface area contributed by atoms with Crippen molar-refractivity contribution in [3.8, 4) is 17.0 Å². The molecule has 36 heavy (non-hydrogen) atoms. The van der Waals surface area contributed by atoms with E-state index >= 15 is 0 Å². The van der Waals surface area contributed by atoms with E-state index in [1.807, 2.05) is 27.7 Å². The van der Waals surface area contributed by atoms with Gasteiger partial charge in [-0.15, -0.1) is 0 Å². The number of nitrogens with zero attached hydrogens (tertiary/aromatic N) is 3. The predicted molar refractivity (Wildman–Crippen MR) is 141 cm³/mol. The lowest BCUT2D eigenvalue weighted by Gasteiger charge is -2.25. The second-order valence-corrected chi connectivity index (χ2v) is 10.8. The van der Waals surface area contributed by atoms with E-state index in [2.05, 4.69) is 14.7 Å². The Kier molecular flexibility index (Phi) is 8.29. The quantitative estimate of drug-likeness (QED) is 0.421. The van der Waals surface area contributed by atoms with Crippen LogP contribution in [0.1, 0.15) is 46.6 Å². The zero-order valence-electron chi connectivity index (χ0n) is 21.2. The van der Waals surface area contributed by atoms with Crippen molar-refractivity contribution in [1.82, 2.24) is 14.7 Å². The van der Waals surface area contributed by atoms with Gasteiger partial charge in [0.2, 0.25) is 0 Å². The van der Waals surface area contributed by atoms with Gasteiger partial charge in [-0.25, -0.2) is 19.1 Å². The molecule has 0 aliphatic carbocycles. The van der Waals surface area contributed by atoms with E-state index in [0.29, 0.717) is 29.3 Å². The van der Waals surface area contributed by atoms with Gasteiger partial charge >= 0.3 is 0 Å². The number of rotatable bonds is 9. The molecule has 3 rings (SSSR count). The van der Waals surface area contributed by atoms with Crippen molar-refractivity contribution in [2.45, 2.75) is 45.7 Å². The molecule has 2 aromatic heterocycles. The Balaban J connectivity index is 0.00000361. The summed E-state index contributed by atoms with van der Waals surface area (Å²) in [7, 11) is -2.46. The second-order valence-electron chi connectivity index (χ2n) is 9.20. The number of aryl methyl sites for hydroxylation is 1. The van der Waals surface area contributed by atoms with Gasteiger partial charge < -0.3 is 9.64 Å². The third kappa shape index (κ3) is 6.57. The summed E-state index contributed by atoms with van der Waals surface area (Å²) in [6, 6.07) is 11.8. The summed E-state index contributed by atoms with van der Waals surface area (Å²) in [6.45, 7) is 9.89. The Labute approximate surface area is 214 Å². The standard InChI is InChI=1S/C26H31FN4O4S.2H2/c1-16(2)15-35-21-13-19(12-20(27)14-21)23-11-10-22(25(29-23)31(6)17(3)4)26(32)30-36(33,34)24-9-7-8-18(5)28-24;;/h7-14,16-17H,15H2,1-6H3,(H,30,32);2*1H. The number of amides is 1.